The van der Waals surface area contributed by atoms with Gasteiger partial charge in [-0.15, -0.1) is 0 Å². The Balaban J connectivity index is 1.96. The summed E-state index contributed by atoms with van der Waals surface area (Å²) in [6, 6.07) is 5.90. The van der Waals surface area contributed by atoms with Gasteiger partial charge in [0.25, 0.3) is 5.91 Å². The lowest BCUT2D eigenvalue weighted by atomic mass is 10.1. The molecule has 1 aromatic rings. The molecule has 1 fully saturated rings. The number of carbonyl (C=O) groups excluding carboxylic acids is 1. The van der Waals surface area contributed by atoms with E-state index < -0.39 is 0 Å². The number of hydrogen-bond acceptors (Lipinski definition) is 2. The van der Waals surface area contributed by atoms with E-state index in [1.807, 2.05) is 19.1 Å². The number of amides is 1. The Morgan fingerprint density at radius 3 is 2.59 bits per heavy atom. The van der Waals surface area contributed by atoms with Crippen molar-refractivity contribution < 1.29 is 4.79 Å². The zero-order valence-electron chi connectivity index (χ0n) is 10.4. The topological polar surface area (TPSA) is 42.0 Å². The van der Waals surface area contributed by atoms with Crippen LogP contribution in [0.25, 0.3) is 0 Å². The summed E-state index contributed by atoms with van der Waals surface area (Å²) in [7, 11) is 0. The van der Waals surface area contributed by atoms with E-state index in [1.54, 1.807) is 6.07 Å². The van der Waals surface area contributed by atoms with Gasteiger partial charge in [0.05, 0.1) is 0 Å². The van der Waals surface area contributed by atoms with Crippen LogP contribution in [0.15, 0.2) is 18.2 Å². The molecule has 1 aromatic heterocycles. The third-order valence-corrected chi connectivity index (χ3v) is 3.31. The second-order valence-corrected chi connectivity index (χ2v) is 4.83. The lowest BCUT2D eigenvalue weighted by molar-refractivity contribution is 0.0928. The van der Waals surface area contributed by atoms with Crippen molar-refractivity contribution in [3.8, 4) is 0 Å². The van der Waals surface area contributed by atoms with Crippen LogP contribution in [0, 0.1) is 6.92 Å². The van der Waals surface area contributed by atoms with Gasteiger partial charge in [0.1, 0.15) is 5.69 Å². The molecule has 1 saturated carbocycles. The maximum Gasteiger partial charge on any atom is 0.270 e. The van der Waals surface area contributed by atoms with Crippen LogP contribution in [0.5, 0.6) is 0 Å². The average Bonchev–Trinajstić information content (AvgIpc) is 2.57. The zero-order valence-corrected chi connectivity index (χ0v) is 10.4. The van der Waals surface area contributed by atoms with E-state index in [4.69, 9.17) is 0 Å². The first kappa shape index (κ1) is 12.1. The van der Waals surface area contributed by atoms with Gasteiger partial charge in [-0.2, -0.15) is 0 Å². The molecule has 1 heterocycles. The second kappa shape index (κ2) is 5.80. The van der Waals surface area contributed by atoms with Crippen LogP contribution in [0.2, 0.25) is 0 Å². The van der Waals surface area contributed by atoms with Crippen molar-refractivity contribution in [1.82, 2.24) is 10.3 Å². The van der Waals surface area contributed by atoms with Crippen molar-refractivity contribution in [2.75, 3.05) is 0 Å². The number of pyridine rings is 1. The minimum absolute atomic E-state index is 0.0272. The van der Waals surface area contributed by atoms with Crippen molar-refractivity contribution in [3.05, 3.63) is 29.6 Å². The summed E-state index contributed by atoms with van der Waals surface area (Å²) < 4.78 is 0. The van der Waals surface area contributed by atoms with Gasteiger partial charge in [-0.05, 0) is 31.9 Å². The molecule has 3 nitrogen and oxygen atoms in total. The number of nitrogens with zero attached hydrogens (tertiary/aromatic N) is 1. The molecule has 92 valence electrons. The highest BCUT2D eigenvalue weighted by molar-refractivity contribution is 5.92. The Morgan fingerprint density at radius 2 is 1.94 bits per heavy atom. The van der Waals surface area contributed by atoms with Crippen LogP contribution in [0.4, 0.5) is 0 Å². The normalized spacial score (nSPS) is 17.5. The van der Waals surface area contributed by atoms with Gasteiger partial charge in [-0.3, -0.25) is 4.79 Å². The summed E-state index contributed by atoms with van der Waals surface area (Å²) in [5.74, 6) is -0.0272. The first-order chi connectivity index (χ1) is 8.25. The second-order valence-electron chi connectivity index (χ2n) is 4.83. The summed E-state index contributed by atoms with van der Waals surface area (Å²) in [5, 5.41) is 3.10. The number of nitrogens with one attached hydrogen (secondary N) is 1. The van der Waals surface area contributed by atoms with E-state index in [1.165, 1.54) is 25.7 Å². The van der Waals surface area contributed by atoms with E-state index in [0.717, 1.165) is 18.5 Å². The van der Waals surface area contributed by atoms with Crippen LogP contribution in [-0.2, 0) is 0 Å². The van der Waals surface area contributed by atoms with Crippen molar-refractivity contribution in [2.45, 2.75) is 51.5 Å². The number of rotatable bonds is 2. The van der Waals surface area contributed by atoms with Crippen LogP contribution in [-0.4, -0.2) is 16.9 Å². The van der Waals surface area contributed by atoms with Gasteiger partial charge in [0, 0.05) is 11.7 Å². The van der Waals surface area contributed by atoms with Crippen LogP contribution in [0.3, 0.4) is 0 Å². The highest BCUT2D eigenvalue weighted by atomic mass is 16.1. The standard InChI is InChI=1S/C14H20N2O/c1-11-7-6-10-13(15-11)14(17)16-12-8-4-2-3-5-9-12/h6-7,10,12H,2-5,8-9H2,1H3,(H,16,17). The highest BCUT2D eigenvalue weighted by Gasteiger charge is 2.16. The lowest BCUT2D eigenvalue weighted by Crippen LogP contribution is -2.34. The molecule has 0 radical (unpaired) electrons. The number of hydrogen-bond donors (Lipinski definition) is 1. The maximum absolute atomic E-state index is 12.0. The number of aromatic nitrogens is 1. The highest BCUT2D eigenvalue weighted by Crippen LogP contribution is 2.17. The molecule has 0 aromatic carbocycles. The molecular weight excluding hydrogens is 212 g/mol. The Hall–Kier alpha value is -1.38. The minimum Gasteiger partial charge on any atom is -0.348 e. The third-order valence-electron chi connectivity index (χ3n) is 3.31. The third kappa shape index (κ3) is 3.55. The van der Waals surface area contributed by atoms with Crippen LogP contribution in [0.1, 0.15) is 54.7 Å². The Morgan fingerprint density at radius 1 is 1.24 bits per heavy atom. The molecule has 17 heavy (non-hydrogen) atoms. The van der Waals surface area contributed by atoms with Crippen LogP contribution >= 0.6 is 0 Å². The van der Waals surface area contributed by atoms with Gasteiger partial charge < -0.3 is 5.32 Å². The first-order valence-electron chi connectivity index (χ1n) is 6.50. The summed E-state index contributed by atoms with van der Waals surface area (Å²) in [4.78, 5) is 16.3. The van der Waals surface area contributed by atoms with Crippen molar-refractivity contribution >= 4 is 5.91 Å². The first-order valence-corrected chi connectivity index (χ1v) is 6.50. The minimum atomic E-state index is -0.0272. The van der Waals surface area contributed by atoms with Gasteiger partial charge in [0.15, 0.2) is 0 Å². The molecule has 1 N–H and O–H groups in total. The fraction of sp³-hybridized carbons (Fsp3) is 0.571. The molecule has 0 unspecified atom stereocenters. The molecule has 2 rings (SSSR count). The molecule has 0 bridgehead atoms. The van der Waals surface area contributed by atoms with E-state index in [9.17, 15) is 4.79 Å². The maximum atomic E-state index is 12.0. The molecule has 3 heteroatoms. The van der Waals surface area contributed by atoms with E-state index in [0.29, 0.717) is 11.7 Å². The molecule has 0 aliphatic heterocycles. The predicted molar refractivity (Wildman–Crippen MR) is 67.9 cm³/mol. The monoisotopic (exact) mass is 232 g/mol. The quantitative estimate of drug-likeness (QED) is 0.797. The molecular formula is C14H20N2O. The van der Waals surface area contributed by atoms with Crippen molar-refractivity contribution in [3.63, 3.8) is 0 Å². The molecule has 1 amide bonds. The average molecular weight is 232 g/mol. The Kier molecular flexibility index (Phi) is 4.13. The summed E-state index contributed by atoms with van der Waals surface area (Å²) in [5.41, 5.74) is 1.42. The summed E-state index contributed by atoms with van der Waals surface area (Å²) in [6.45, 7) is 1.91. The SMILES string of the molecule is Cc1cccc(C(=O)NC2CCCCCC2)n1. The smallest absolute Gasteiger partial charge is 0.270 e. The van der Waals surface area contributed by atoms with Gasteiger partial charge in [0.2, 0.25) is 0 Å². The van der Waals surface area contributed by atoms with Gasteiger partial charge in [-0.25, -0.2) is 4.98 Å². The van der Waals surface area contributed by atoms with E-state index >= 15 is 0 Å². The number of aryl methyl sites for hydroxylation is 1. The summed E-state index contributed by atoms with van der Waals surface area (Å²) in [6.07, 6.45) is 7.28. The fourth-order valence-electron chi connectivity index (χ4n) is 2.35. The van der Waals surface area contributed by atoms with Gasteiger partial charge in [-0.1, -0.05) is 31.7 Å². The molecule has 1 aliphatic rings. The molecule has 0 saturated heterocycles. The van der Waals surface area contributed by atoms with Crippen molar-refractivity contribution in [2.24, 2.45) is 0 Å². The zero-order chi connectivity index (χ0) is 12.1. The molecule has 0 atom stereocenters. The van der Waals surface area contributed by atoms with Crippen molar-refractivity contribution in [1.29, 1.82) is 0 Å². The predicted octanol–water partition coefficient (Wildman–Crippen LogP) is 2.84. The van der Waals surface area contributed by atoms with Gasteiger partial charge >= 0.3 is 0 Å². The fourth-order valence-corrected chi connectivity index (χ4v) is 2.35. The Bertz CT molecular complexity index is 382. The lowest BCUT2D eigenvalue weighted by Gasteiger charge is -2.15. The van der Waals surface area contributed by atoms with E-state index in [2.05, 4.69) is 10.3 Å². The molecule has 0 spiro atoms. The summed E-state index contributed by atoms with van der Waals surface area (Å²) >= 11 is 0. The van der Waals surface area contributed by atoms with Crippen LogP contribution < -0.4 is 5.32 Å². The van der Waals surface area contributed by atoms with E-state index in [-0.39, 0.29) is 5.91 Å². The number of carbonyl (C=O) groups is 1. The largest absolute Gasteiger partial charge is 0.348 e. The Labute approximate surface area is 103 Å². The molecule has 1 aliphatic carbocycles.